The fourth-order valence-electron chi connectivity index (χ4n) is 2.80. The average molecular weight is 406 g/mol. The van der Waals surface area contributed by atoms with E-state index in [0.29, 0.717) is 5.56 Å². The molecule has 0 aliphatic heterocycles. The molecule has 5 nitrogen and oxygen atoms in total. The fourth-order valence-corrected chi connectivity index (χ4v) is 3.58. The summed E-state index contributed by atoms with van der Waals surface area (Å²) in [6, 6.07) is 20.6. The van der Waals surface area contributed by atoms with Gasteiger partial charge in [-0.25, -0.2) is 4.57 Å². The monoisotopic (exact) mass is 406 g/mol. The average Bonchev–Trinajstić information content (AvgIpc) is 2.61. The summed E-state index contributed by atoms with van der Waals surface area (Å²) < 4.78 is 22.2. The molecular weight excluding hydrogens is 386 g/mol. The minimum absolute atomic E-state index is 0. The zero-order chi connectivity index (χ0) is 19.4. The van der Waals surface area contributed by atoms with Gasteiger partial charge >= 0.3 is 37.4 Å². The third-order valence-corrected chi connectivity index (χ3v) is 4.81. The minimum atomic E-state index is -4.59. The second-order valence-corrected chi connectivity index (χ2v) is 7.60. The van der Waals surface area contributed by atoms with Crippen molar-refractivity contribution in [2.24, 2.45) is 0 Å². The largest absolute Gasteiger partial charge is 1.00 e. The minimum Gasteiger partial charge on any atom is -0.736 e. The van der Waals surface area contributed by atoms with Gasteiger partial charge in [0.2, 0.25) is 0 Å². The van der Waals surface area contributed by atoms with Gasteiger partial charge in [-0.05, 0) is 60.4 Å². The molecule has 0 aliphatic rings. The van der Waals surface area contributed by atoms with Crippen LogP contribution in [0, 0.1) is 13.8 Å². The quantitative estimate of drug-likeness (QED) is 0.494. The summed E-state index contributed by atoms with van der Waals surface area (Å²) in [6.07, 6.45) is -0.800. The first kappa shape index (κ1) is 22.7. The molecule has 0 bridgehead atoms. The molecule has 0 heterocycles. The Hall–Kier alpha value is -1.59. The molecule has 0 saturated carbocycles. The van der Waals surface area contributed by atoms with Gasteiger partial charge in [0, 0.05) is 0 Å². The first-order valence-corrected chi connectivity index (χ1v) is 9.90. The smallest absolute Gasteiger partial charge is 0.736 e. The summed E-state index contributed by atoms with van der Waals surface area (Å²) in [5, 5.41) is 10.4. The standard InChI is InChI=1S/C21H21O5P.Na/c1-15-12-16(2)14-20(13-15)26-27(23,24)25-19-10-8-18(9-11-19)21(22)17-6-4-3-5-7-17;/h3-14,21-22H,1-2H3,(H,23,24);/q;+1/p-1. The summed E-state index contributed by atoms with van der Waals surface area (Å²) in [5.41, 5.74) is 3.16. The molecule has 0 fully saturated rings. The van der Waals surface area contributed by atoms with Crippen LogP contribution in [-0.2, 0) is 4.57 Å². The zero-order valence-electron chi connectivity index (χ0n) is 16.0. The number of phosphoric ester groups is 1. The number of phosphoric acid groups is 1. The maximum absolute atomic E-state index is 12.2. The van der Waals surface area contributed by atoms with Crippen molar-refractivity contribution in [3.05, 3.63) is 95.1 Å². The molecule has 0 aliphatic carbocycles. The van der Waals surface area contributed by atoms with Gasteiger partial charge in [0.1, 0.15) is 17.6 Å². The van der Waals surface area contributed by atoms with Gasteiger partial charge in [0.05, 0.1) is 0 Å². The van der Waals surface area contributed by atoms with Crippen molar-refractivity contribution in [2.45, 2.75) is 20.0 Å². The molecule has 28 heavy (non-hydrogen) atoms. The molecule has 0 radical (unpaired) electrons. The molecule has 2 atom stereocenters. The van der Waals surface area contributed by atoms with Crippen molar-refractivity contribution in [1.29, 1.82) is 0 Å². The van der Waals surface area contributed by atoms with Crippen LogP contribution in [0.5, 0.6) is 11.5 Å². The van der Waals surface area contributed by atoms with E-state index in [1.165, 1.54) is 12.1 Å². The SMILES string of the molecule is Cc1cc(C)cc(OP(=O)([O-])Oc2ccc(C(O)c3ccccc3)cc2)c1.[Na+]. The summed E-state index contributed by atoms with van der Waals surface area (Å²) in [7, 11) is -4.59. The molecule has 0 saturated heterocycles. The predicted octanol–water partition coefficient (Wildman–Crippen LogP) is 1.32. The van der Waals surface area contributed by atoms with Crippen LogP contribution in [0.1, 0.15) is 28.4 Å². The van der Waals surface area contributed by atoms with E-state index in [4.69, 9.17) is 9.05 Å². The summed E-state index contributed by atoms with van der Waals surface area (Å²) in [4.78, 5) is 12.2. The van der Waals surface area contributed by atoms with Crippen molar-refractivity contribution in [2.75, 3.05) is 0 Å². The van der Waals surface area contributed by atoms with Crippen LogP contribution in [-0.4, -0.2) is 5.11 Å². The van der Waals surface area contributed by atoms with Crippen molar-refractivity contribution >= 4 is 7.82 Å². The number of aryl methyl sites for hydroxylation is 2. The van der Waals surface area contributed by atoms with Gasteiger partial charge in [-0.2, -0.15) is 0 Å². The van der Waals surface area contributed by atoms with Crippen LogP contribution >= 0.6 is 7.82 Å². The Labute approximate surface area is 186 Å². The van der Waals surface area contributed by atoms with Crippen LogP contribution in [0.25, 0.3) is 0 Å². The summed E-state index contributed by atoms with van der Waals surface area (Å²) >= 11 is 0. The zero-order valence-corrected chi connectivity index (χ0v) is 18.9. The van der Waals surface area contributed by atoms with E-state index in [1.54, 1.807) is 24.3 Å². The van der Waals surface area contributed by atoms with Crippen LogP contribution < -0.4 is 43.5 Å². The number of aliphatic hydroxyl groups is 1. The number of hydrogen-bond donors (Lipinski definition) is 1. The van der Waals surface area contributed by atoms with E-state index in [-0.39, 0.29) is 41.1 Å². The van der Waals surface area contributed by atoms with E-state index >= 15 is 0 Å². The topological polar surface area (TPSA) is 78.8 Å². The Bertz CT molecular complexity index is 940. The first-order valence-electron chi connectivity index (χ1n) is 8.44. The number of benzene rings is 3. The van der Waals surface area contributed by atoms with Crippen molar-refractivity contribution in [3.8, 4) is 11.5 Å². The molecule has 3 aromatic rings. The Morgan fingerprint density at radius 1 is 0.821 bits per heavy atom. The van der Waals surface area contributed by atoms with Gasteiger partial charge in [-0.15, -0.1) is 0 Å². The second kappa shape index (κ2) is 9.75. The van der Waals surface area contributed by atoms with E-state index < -0.39 is 13.9 Å². The summed E-state index contributed by atoms with van der Waals surface area (Å²) in [5.74, 6) is 0.323. The van der Waals surface area contributed by atoms with Gasteiger partial charge in [-0.1, -0.05) is 48.5 Å². The molecule has 0 amide bonds. The molecular formula is C21H20NaO5P. The predicted molar refractivity (Wildman–Crippen MR) is 102 cm³/mol. The van der Waals surface area contributed by atoms with Gasteiger partial charge in [-0.3, -0.25) is 0 Å². The van der Waals surface area contributed by atoms with E-state index in [2.05, 4.69) is 0 Å². The maximum Gasteiger partial charge on any atom is 1.00 e. The van der Waals surface area contributed by atoms with Crippen LogP contribution in [0.4, 0.5) is 0 Å². The number of rotatable bonds is 6. The van der Waals surface area contributed by atoms with E-state index in [1.807, 2.05) is 50.2 Å². The molecule has 2 unspecified atom stereocenters. The Kier molecular flexibility index (Phi) is 7.90. The van der Waals surface area contributed by atoms with Gasteiger partial charge in [0.15, 0.2) is 0 Å². The third kappa shape index (κ3) is 6.21. The molecule has 1 N–H and O–H groups in total. The molecule has 0 spiro atoms. The first-order chi connectivity index (χ1) is 12.8. The molecule has 0 aromatic heterocycles. The van der Waals surface area contributed by atoms with Gasteiger partial charge in [0.25, 0.3) is 0 Å². The van der Waals surface area contributed by atoms with Gasteiger partial charge < -0.3 is 19.0 Å². The van der Waals surface area contributed by atoms with Crippen molar-refractivity contribution in [3.63, 3.8) is 0 Å². The third-order valence-electron chi connectivity index (χ3n) is 3.94. The molecule has 7 heteroatoms. The van der Waals surface area contributed by atoms with Crippen LogP contribution in [0.3, 0.4) is 0 Å². The van der Waals surface area contributed by atoms with Crippen molar-refractivity contribution < 1.29 is 53.2 Å². The normalized spacial score (nSPS) is 13.7. The second-order valence-electron chi connectivity index (χ2n) is 6.34. The molecule has 3 aromatic carbocycles. The van der Waals surface area contributed by atoms with Crippen molar-refractivity contribution in [1.82, 2.24) is 0 Å². The summed E-state index contributed by atoms with van der Waals surface area (Å²) in [6.45, 7) is 3.71. The maximum atomic E-state index is 12.2. The fraction of sp³-hybridized carbons (Fsp3) is 0.143. The van der Waals surface area contributed by atoms with Crippen LogP contribution in [0.2, 0.25) is 0 Å². The number of hydrogen-bond acceptors (Lipinski definition) is 5. The Morgan fingerprint density at radius 3 is 1.89 bits per heavy atom. The van der Waals surface area contributed by atoms with Crippen LogP contribution in [0.15, 0.2) is 72.8 Å². The Morgan fingerprint density at radius 2 is 1.32 bits per heavy atom. The molecule has 140 valence electrons. The Balaban J connectivity index is 0.00000280. The molecule has 3 rings (SSSR count). The number of aliphatic hydroxyl groups excluding tert-OH is 1. The van der Waals surface area contributed by atoms with E-state index in [9.17, 15) is 14.6 Å². The van der Waals surface area contributed by atoms with E-state index in [0.717, 1.165) is 16.7 Å².